The van der Waals surface area contributed by atoms with Crippen LogP contribution in [0.1, 0.15) is 12.5 Å². The Morgan fingerprint density at radius 3 is 2.83 bits per heavy atom. The summed E-state index contributed by atoms with van der Waals surface area (Å²) in [6, 6.07) is 9.31. The molecule has 0 aliphatic carbocycles. The molecule has 0 N–H and O–H groups in total. The number of anilines is 1. The Morgan fingerprint density at radius 2 is 2.14 bits per heavy atom. The maximum Gasteiger partial charge on any atom is 0.270 e. The summed E-state index contributed by atoms with van der Waals surface area (Å²) in [5.41, 5.74) is 1.11. The first-order valence-corrected chi connectivity index (χ1v) is 10.5. The molecule has 0 atom stereocenters. The number of hydrogen-bond acceptors (Lipinski definition) is 5. The highest BCUT2D eigenvalue weighted by Crippen LogP contribution is 2.40. The molecule has 0 spiro atoms. The van der Waals surface area contributed by atoms with Crippen LogP contribution in [0, 0.1) is 18.2 Å². The molecular weight excluding hydrogens is 477 g/mol. The molecule has 1 heterocycles. The van der Waals surface area contributed by atoms with Crippen molar-refractivity contribution < 1.29 is 18.7 Å². The molecule has 3 rings (SSSR count). The van der Waals surface area contributed by atoms with Gasteiger partial charge in [0.2, 0.25) is 0 Å². The van der Waals surface area contributed by atoms with E-state index < -0.39 is 5.82 Å². The van der Waals surface area contributed by atoms with Crippen LogP contribution in [0.5, 0.6) is 11.5 Å². The van der Waals surface area contributed by atoms with E-state index in [4.69, 9.17) is 28.1 Å². The fraction of sp³-hybridized carbons (Fsp3) is 0.143. The number of thiocarbonyl (C=S) groups is 1. The Hall–Kier alpha value is -2.34. The molecule has 0 saturated carbocycles. The van der Waals surface area contributed by atoms with Gasteiger partial charge in [0.1, 0.15) is 12.4 Å². The molecule has 1 fully saturated rings. The quantitative estimate of drug-likeness (QED) is 0.307. The van der Waals surface area contributed by atoms with Crippen LogP contribution in [-0.4, -0.2) is 23.4 Å². The number of halogens is 2. The van der Waals surface area contributed by atoms with Crippen molar-refractivity contribution in [3.05, 3.63) is 57.2 Å². The van der Waals surface area contributed by atoms with Gasteiger partial charge in [0, 0.05) is 0 Å². The third kappa shape index (κ3) is 4.81. The van der Waals surface area contributed by atoms with Crippen LogP contribution in [0.3, 0.4) is 0 Å². The molecule has 1 aliphatic rings. The van der Waals surface area contributed by atoms with Crippen molar-refractivity contribution in [1.82, 2.24) is 0 Å². The monoisotopic (exact) mass is 491 g/mol. The molecule has 1 amide bonds. The number of rotatable bonds is 6. The Balaban J connectivity index is 1.95. The van der Waals surface area contributed by atoms with E-state index in [1.54, 1.807) is 24.3 Å². The lowest BCUT2D eigenvalue weighted by molar-refractivity contribution is -0.113. The maximum absolute atomic E-state index is 13.6. The minimum Gasteiger partial charge on any atom is -0.490 e. The molecule has 2 aromatic rings. The van der Waals surface area contributed by atoms with Crippen LogP contribution >= 0.6 is 39.9 Å². The van der Waals surface area contributed by atoms with E-state index in [0.29, 0.717) is 43.1 Å². The number of carbonyl (C=O) groups is 1. The van der Waals surface area contributed by atoms with Crippen LogP contribution < -0.4 is 14.4 Å². The summed E-state index contributed by atoms with van der Waals surface area (Å²) < 4.78 is 25.7. The first kappa shape index (κ1) is 21.4. The first-order valence-electron chi connectivity index (χ1n) is 8.50. The van der Waals surface area contributed by atoms with Crippen LogP contribution in [-0.2, 0) is 4.79 Å². The van der Waals surface area contributed by atoms with E-state index in [1.807, 2.05) is 6.92 Å². The van der Waals surface area contributed by atoms with Gasteiger partial charge in [0.05, 0.1) is 21.7 Å². The number of ether oxygens (including phenoxy) is 2. The number of thioether (sulfide) groups is 1. The fourth-order valence-corrected chi connectivity index (χ4v) is 4.52. The van der Waals surface area contributed by atoms with Crippen LogP contribution in [0.15, 0.2) is 45.8 Å². The molecule has 0 aromatic heterocycles. The van der Waals surface area contributed by atoms with Crippen molar-refractivity contribution in [2.45, 2.75) is 6.92 Å². The molecular formula is C21H15BrFNO3S2. The highest BCUT2D eigenvalue weighted by Gasteiger charge is 2.33. The van der Waals surface area contributed by atoms with Gasteiger partial charge in [-0.15, -0.1) is 6.42 Å². The van der Waals surface area contributed by atoms with E-state index in [1.165, 1.54) is 23.1 Å². The summed E-state index contributed by atoms with van der Waals surface area (Å²) in [7, 11) is 0. The summed E-state index contributed by atoms with van der Waals surface area (Å²) >= 11 is 9.94. The molecule has 8 heteroatoms. The van der Waals surface area contributed by atoms with Gasteiger partial charge in [-0.2, -0.15) is 0 Å². The molecule has 1 aliphatic heterocycles. The molecule has 0 radical (unpaired) electrons. The lowest BCUT2D eigenvalue weighted by Crippen LogP contribution is -2.27. The Labute approximate surface area is 186 Å². The SMILES string of the molecule is C#CCOc1c(Br)cc(/C=C2/SC(=S)N(c3cccc(F)c3)C2=O)cc1OCC. The zero-order valence-corrected chi connectivity index (χ0v) is 18.5. The van der Waals surface area contributed by atoms with Gasteiger partial charge < -0.3 is 9.47 Å². The second-order valence-corrected chi connectivity index (χ2v) is 8.28. The highest BCUT2D eigenvalue weighted by molar-refractivity contribution is 9.10. The molecule has 2 aromatic carbocycles. The van der Waals surface area contributed by atoms with E-state index in [9.17, 15) is 9.18 Å². The predicted molar refractivity (Wildman–Crippen MR) is 122 cm³/mol. The van der Waals surface area contributed by atoms with Crippen molar-refractivity contribution in [2.75, 3.05) is 18.1 Å². The first-order chi connectivity index (χ1) is 13.9. The van der Waals surface area contributed by atoms with Crippen molar-refractivity contribution in [3.63, 3.8) is 0 Å². The molecule has 4 nitrogen and oxygen atoms in total. The van der Waals surface area contributed by atoms with Gasteiger partial charge in [0.25, 0.3) is 5.91 Å². The maximum atomic E-state index is 13.6. The van der Waals surface area contributed by atoms with Crippen LogP contribution in [0.4, 0.5) is 10.1 Å². The predicted octanol–water partition coefficient (Wildman–Crippen LogP) is 5.40. The van der Waals surface area contributed by atoms with Gasteiger partial charge in [-0.25, -0.2) is 4.39 Å². The third-order valence-electron chi connectivity index (χ3n) is 3.79. The van der Waals surface area contributed by atoms with Crippen LogP contribution in [0.25, 0.3) is 6.08 Å². The minimum absolute atomic E-state index is 0.102. The van der Waals surface area contributed by atoms with E-state index in [-0.39, 0.29) is 12.5 Å². The van der Waals surface area contributed by atoms with Crippen LogP contribution in [0.2, 0.25) is 0 Å². The zero-order valence-electron chi connectivity index (χ0n) is 15.3. The summed E-state index contributed by atoms with van der Waals surface area (Å²) in [6.45, 7) is 2.39. The molecule has 1 saturated heterocycles. The van der Waals surface area contributed by atoms with E-state index >= 15 is 0 Å². The molecule has 29 heavy (non-hydrogen) atoms. The van der Waals surface area contributed by atoms with Crippen molar-refractivity contribution in [2.24, 2.45) is 0 Å². The van der Waals surface area contributed by atoms with Crippen molar-refractivity contribution in [3.8, 4) is 23.8 Å². The smallest absolute Gasteiger partial charge is 0.270 e. The lowest BCUT2D eigenvalue weighted by Gasteiger charge is -2.14. The Morgan fingerprint density at radius 1 is 1.34 bits per heavy atom. The summed E-state index contributed by atoms with van der Waals surface area (Å²) in [5, 5.41) is 0. The van der Waals surface area contributed by atoms with E-state index in [2.05, 4.69) is 21.9 Å². The average Bonchev–Trinajstić information content (AvgIpc) is 2.94. The third-order valence-corrected chi connectivity index (χ3v) is 5.68. The second kappa shape index (κ2) is 9.44. The standard InChI is InChI=1S/C21H15BrFNO3S2/c1-3-8-27-19-16(22)9-13(10-17(19)26-4-2)11-18-20(25)24(21(28)29-18)15-7-5-6-14(23)12-15/h1,5-7,9-12H,4,8H2,2H3/b18-11+. The number of hydrogen-bond donors (Lipinski definition) is 0. The Bertz CT molecular complexity index is 1050. The number of benzene rings is 2. The molecule has 0 unspecified atom stereocenters. The summed E-state index contributed by atoms with van der Waals surface area (Å²) in [5.74, 6) is 2.67. The van der Waals surface area contributed by atoms with Gasteiger partial charge >= 0.3 is 0 Å². The Kier molecular flexibility index (Phi) is 6.96. The second-order valence-electron chi connectivity index (χ2n) is 5.75. The zero-order chi connectivity index (χ0) is 21.0. The van der Waals surface area contributed by atoms with E-state index in [0.717, 1.165) is 11.8 Å². The van der Waals surface area contributed by atoms with Gasteiger partial charge in [0.15, 0.2) is 15.8 Å². The van der Waals surface area contributed by atoms with Gasteiger partial charge in [-0.05, 0) is 64.8 Å². The summed E-state index contributed by atoms with van der Waals surface area (Å²) in [6.07, 6.45) is 6.97. The average molecular weight is 492 g/mol. The fourth-order valence-electron chi connectivity index (χ4n) is 2.65. The number of carbonyl (C=O) groups excluding carboxylic acids is 1. The van der Waals surface area contributed by atoms with Crippen molar-refractivity contribution in [1.29, 1.82) is 0 Å². The number of nitrogens with zero attached hydrogens (tertiary/aromatic N) is 1. The number of terminal acetylenes is 1. The van der Waals surface area contributed by atoms with Gasteiger partial charge in [-0.1, -0.05) is 36.0 Å². The van der Waals surface area contributed by atoms with Crippen molar-refractivity contribution >= 4 is 61.9 Å². The minimum atomic E-state index is -0.437. The highest BCUT2D eigenvalue weighted by atomic mass is 79.9. The molecule has 148 valence electrons. The topological polar surface area (TPSA) is 38.8 Å². The largest absolute Gasteiger partial charge is 0.490 e. The normalized spacial score (nSPS) is 15.0. The molecule has 0 bridgehead atoms. The lowest BCUT2D eigenvalue weighted by atomic mass is 10.1. The number of amides is 1. The summed E-state index contributed by atoms with van der Waals surface area (Å²) in [4.78, 5) is 14.6. The van der Waals surface area contributed by atoms with Gasteiger partial charge in [-0.3, -0.25) is 9.69 Å².